The van der Waals surface area contributed by atoms with Crippen LogP contribution >= 0.6 is 11.3 Å². The Kier molecular flexibility index (Phi) is 3.27. The van der Waals surface area contributed by atoms with Gasteiger partial charge in [0, 0.05) is 18.2 Å². The van der Waals surface area contributed by atoms with Gasteiger partial charge in [-0.15, -0.1) is 11.3 Å². The summed E-state index contributed by atoms with van der Waals surface area (Å²) in [5.74, 6) is -0.281. The molecule has 1 atom stereocenters. The number of aliphatic hydroxyl groups is 1. The van der Waals surface area contributed by atoms with Crippen molar-refractivity contribution in [3.63, 3.8) is 0 Å². The van der Waals surface area contributed by atoms with Crippen LogP contribution in [0.1, 0.15) is 17.2 Å². The predicted octanol–water partition coefficient (Wildman–Crippen LogP) is 3.71. The number of halogens is 1. The lowest BCUT2D eigenvalue weighted by Gasteiger charge is -2.10. The lowest BCUT2D eigenvalue weighted by molar-refractivity contribution is 0.178. The molecule has 0 amide bonds. The second-order valence-corrected chi connectivity index (χ2v) is 5.37. The first-order chi connectivity index (χ1) is 9.22. The summed E-state index contributed by atoms with van der Waals surface area (Å²) >= 11 is 1.59. The zero-order valence-electron chi connectivity index (χ0n) is 10.1. The highest BCUT2D eigenvalue weighted by molar-refractivity contribution is 7.17. The van der Waals surface area contributed by atoms with Crippen LogP contribution in [0.5, 0.6) is 0 Å². The molecule has 4 heteroatoms. The standard InChI is InChI=1S/C15H12FNOS/c16-12-3-1-2-10(6-12)7-14(18)11-8-15-13(17-9-11)4-5-19-15/h1-6,8-9,14,18H,7H2. The van der Waals surface area contributed by atoms with E-state index in [1.165, 1.54) is 12.1 Å². The molecule has 2 heterocycles. The van der Waals surface area contributed by atoms with Crippen LogP contribution in [0.3, 0.4) is 0 Å². The van der Waals surface area contributed by atoms with Crippen molar-refractivity contribution in [3.05, 3.63) is 64.9 Å². The molecule has 0 saturated heterocycles. The minimum Gasteiger partial charge on any atom is -0.388 e. The molecule has 0 aliphatic heterocycles. The van der Waals surface area contributed by atoms with Crippen molar-refractivity contribution in [1.82, 2.24) is 4.98 Å². The van der Waals surface area contributed by atoms with E-state index in [0.717, 1.165) is 21.3 Å². The first kappa shape index (κ1) is 12.3. The Balaban J connectivity index is 1.84. The number of aliphatic hydroxyl groups excluding tert-OH is 1. The molecule has 3 rings (SSSR count). The van der Waals surface area contributed by atoms with Gasteiger partial charge < -0.3 is 5.11 Å². The first-order valence-electron chi connectivity index (χ1n) is 5.98. The summed E-state index contributed by atoms with van der Waals surface area (Å²) in [6.07, 6.45) is 1.40. The molecular weight excluding hydrogens is 261 g/mol. The van der Waals surface area contributed by atoms with Crippen LogP contribution in [-0.2, 0) is 6.42 Å². The Labute approximate surface area is 114 Å². The van der Waals surface area contributed by atoms with Crippen LogP contribution in [0.4, 0.5) is 4.39 Å². The lowest BCUT2D eigenvalue weighted by atomic mass is 10.0. The normalized spacial score (nSPS) is 12.7. The maximum Gasteiger partial charge on any atom is 0.123 e. The second-order valence-electron chi connectivity index (χ2n) is 4.42. The third-order valence-electron chi connectivity index (χ3n) is 3.03. The topological polar surface area (TPSA) is 33.1 Å². The van der Waals surface area contributed by atoms with Crippen molar-refractivity contribution in [1.29, 1.82) is 0 Å². The van der Waals surface area contributed by atoms with Gasteiger partial charge >= 0.3 is 0 Å². The van der Waals surface area contributed by atoms with Crippen molar-refractivity contribution in [2.45, 2.75) is 12.5 Å². The second kappa shape index (κ2) is 5.07. The van der Waals surface area contributed by atoms with E-state index < -0.39 is 6.10 Å². The van der Waals surface area contributed by atoms with E-state index in [2.05, 4.69) is 4.98 Å². The molecule has 0 fully saturated rings. The minimum atomic E-state index is -0.666. The van der Waals surface area contributed by atoms with Crippen LogP contribution < -0.4 is 0 Å². The first-order valence-corrected chi connectivity index (χ1v) is 6.86. The van der Waals surface area contributed by atoms with Crippen molar-refractivity contribution in [2.24, 2.45) is 0 Å². The fourth-order valence-corrected chi connectivity index (χ4v) is 2.84. The highest BCUT2D eigenvalue weighted by Gasteiger charge is 2.11. The van der Waals surface area contributed by atoms with Gasteiger partial charge in [-0.25, -0.2) is 4.39 Å². The molecule has 0 radical (unpaired) electrons. The van der Waals surface area contributed by atoms with E-state index in [4.69, 9.17) is 0 Å². The summed E-state index contributed by atoms with van der Waals surface area (Å²) in [5, 5.41) is 12.2. The Bertz CT molecular complexity index is 710. The third kappa shape index (κ3) is 2.64. The quantitative estimate of drug-likeness (QED) is 0.789. The van der Waals surface area contributed by atoms with Gasteiger partial charge in [-0.1, -0.05) is 12.1 Å². The number of aromatic nitrogens is 1. The van der Waals surface area contributed by atoms with Crippen molar-refractivity contribution in [2.75, 3.05) is 0 Å². The monoisotopic (exact) mass is 273 g/mol. The summed E-state index contributed by atoms with van der Waals surface area (Å²) in [6, 6.07) is 10.2. The molecule has 1 N–H and O–H groups in total. The zero-order chi connectivity index (χ0) is 13.2. The van der Waals surface area contributed by atoms with Crippen LogP contribution in [0.25, 0.3) is 10.2 Å². The fourth-order valence-electron chi connectivity index (χ4n) is 2.05. The van der Waals surface area contributed by atoms with E-state index in [-0.39, 0.29) is 5.82 Å². The summed E-state index contributed by atoms with van der Waals surface area (Å²) in [5.41, 5.74) is 2.48. The fraction of sp³-hybridized carbons (Fsp3) is 0.133. The third-order valence-corrected chi connectivity index (χ3v) is 3.88. The van der Waals surface area contributed by atoms with Crippen molar-refractivity contribution < 1.29 is 9.50 Å². The van der Waals surface area contributed by atoms with Crippen LogP contribution in [0.2, 0.25) is 0 Å². The van der Waals surface area contributed by atoms with Crippen molar-refractivity contribution >= 4 is 21.6 Å². The van der Waals surface area contributed by atoms with Crippen molar-refractivity contribution in [3.8, 4) is 0 Å². The maximum absolute atomic E-state index is 13.1. The highest BCUT2D eigenvalue weighted by Crippen LogP contribution is 2.24. The molecule has 0 bridgehead atoms. The zero-order valence-corrected chi connectivity index (χ0v) is 10.9. The van der Waals surface area contributed by atoms with E-state index in [9.17, 15) is 9.50 Å². The van der Waals surface area contributed by atoms with Crippen LogP contribution in [0, 0.1) is 5.82 Å². The van der Waals surface area contributed by atoms with Gasteiger partial charge in [-0.3, -0.25) is 4.98 Å². The number of pyridine rings is 1. The molecule has 0 aliphatic rings. The number of thiophene rings is 1. The highest BCUT2D eigenvalue weighted by atomic mass is 32.1. The minimum absolute atomic E-state index is 0.281. The Morgan fingerprint density at radius 3 is 3.00 bits per heavy atom. The number of hydrogen-bond acceptors (Lipinski definition) is 3. The average molecular weight is 273 g/mol. The van der Waals surface area contributed by atoms with E-state index in [1.54, 1.807) is 23.6 Å². The molecule has 0 spiro atoms. The van der Waals surface area contributed by atoms with Gasteiger partial charge in [0.1, 0.15) is 5.82 Å². The summed E-state index contributed by atoms with van der Waals surface area (Å²) in [4.78, 5) is 4.30. The van der Waals surface area contributed by atoms with E-state index >= 15 is 0 Å². The smallest absolute Gasteiger partial charge is 0.123 e. The molecule has 0 saturated carbocycles. The van der Waals surface area contributed by atoms with Gasteiger partial charge in [0.05, 0.1) is 16.3 Å². The van der Waals surface area contributed by atoms with Gasteiger partial charge in [-0.05, 0) is 35.2 Å². The Morgan fingerprint density at radius 2 is 2.16 bits per heavy atom. The Hall–Kier alpha value is -1.78. The van der Waals surface area contributed by atoms with Crippen LogP contribution in [-0.4, -0.2) is 10.1 Å². The summed E-state index contributed by atoms with van der Waals surface area (Å²) in [6.45, 7) is 0. The molecule has 2 nitrogen and oxygen atoms in total. The Morgan fingerprint density at radius 1 is 1.26 bits per heavy atom. The summed E-state index contributed by atoms with van der Waals surface area (Å²) < 4.78 is 14.1. The average Bonchev–Trinajstić information content (AvgIpc) is 2.85. The molecule has 2 aromatic heterocycles. The van der Waals surface area contributed by atoms with E-state index in [1.807, 2.05) is 23.6 Å². The van der Waals surface area contributed by atoms with Gasteiger partial charge in [0.2, 0.25) is 0 Å². The number of hydrogen-bond donors (Lipinski definition) is 1. The predicted molar refractivity (Wildman–Crippen MR) is 74.7 cm³/mol. The molecular formula is C15H12FNOS. The largest absolute Gasteiger partial charge is 0.388 e. The van der Waals surface area contributed by atoms with Gasteiger partial charge in [0.25, 0.3) is 0 Å². The van der Waals surface area contributed by atoms with Crippen LogP contribution in [0.15, 0.2) is 48.0 Å². The lowest BCUT2D eigenvalue weighted by Crippen LogP contribution is -2.02. The summed E-state index contributed by atoms with van der Waals surface area (Å²) in [7, 11) is 0. The molecule has 19 heavy (non-hydrogen) atoms. The maximum atomic E-state index is 13.1. The number of benzene rings is 1. The number of fused-ring (bicyclic) bond motifs is 1. The molecule has 0 aliphatic carbocycles. The number of rotatable bonds is 3. The molecule has 96 valence electrons. The van der Waals surface area contributed by atoms with Gasteiger partial charge in [0.15, 0.2) is 0 Å². The number of nitrogens with zero attached hydrogens (tertiary/aromatic N) is 1. The molecule has 3 aromatic rings. The SMILES string of the molecule is OC(Cc1cccc(F)c1)c1cnc2ccsc2c1. The molecule has 1 aromatic carbocycles. The van der Waals surface area contributed by atoms with Gasteiger partial charge in [-0.2, -0.15) is 0 Å². The molecule has 1 unspecified atom stereocenters. The van der Waals surface area contributed by atoms with E-state index in [0.29, 0.717) is 6.42 Å².